The molecule has 0 fully saturated rings. The van der Waals surface area contributed by atoms with E-state index in [0.717, 1.165) is 28.8 Å². The average molecular weight is 333 g/mol. The molecule has 0 unspecified atom stereocenters. The highest BCUT2D eigenvalue weighted by Crippen LogP contribution is 2.16. The van der Waals surface area contributed by atoms with Crippen molar-refractivity contribution >= 4 is 12.5 Å². The van der Waals surface area contributed by atoms with Crippen molar-refractivity contribution in [3.8, 4) is 17.3 Å². The molecule has 126 valence electrons. The first-order valence-corrected chi connectivity index (χ1v) is 7.85. The fourth-order valence-corrected chi connectivity index (χ4v) is 2.05. The molecule has 0 spiro atoms. The monoisotopic (exact) mass is 333 g/mol. The van der Waals surface area contributed by atoms with Gasteiger partial charge in [-0.15, -0.1) is 0 Å². The highest BCUT2D eigenvalue weighted by Gasteiger charge is 2.00. The molecule has 6 nitrogen and oxygen atoms in total. The summed E-state index contributed by atoms with van der Waals surface area (Å²) in [4.78, 5) is 23.0. The summed E-state index contributed by atoms with van der Waals surface area (Å²) in [6.45, 7) is 2.97. The van der Waals surface area contributed by atoms with E-state index in [0.29, 0.717) is 18.8 Å². The van der Waals surface area contributed by atoms with Crippen LogP contribution in [0.25, 0.3) is 11.3 Å². The Morgan fingerprint density at radius 3 is 2.72 bits per heavy atom. The van der Waals surface area contributed by atoms with Crippen LogP contribution < -0.4 is 5.32 Å². The lowest BCUT2D eigenvalue weighted by atomic mass is 10.1. The van der Waals surface area contributed by atoms with Gasteiger partial charge in [-0.2, -0.15) is 5.26 Å². The van der Waals surface area contributed by atoms with Crippen molar-refractivity contribution in [1.82, 2.24) is 15.3 Å². The van der Waals surface area contributed by atoms with Gasteiger partial charge in [-0.25, -0.2) is 0 Å². The zero-order valence-electron chi connectivity index (χ0n) is 14.0. The zero-order chi connectivity index (χ0) is 17.9. The molecule has 1 aromatic heterocycles. The Hall–Kier alpha value is -3.17. The Morgan fingerprint density at radius 2 is 2.08 bits per heavy atom. The van der Waals surface area contributed by atoms with Crippen molar-refractivity contribution in [3.63, 3.8) is 0 Å². The minimum atomic E-state index is 0.222. The second kappa shape index (κ2) is 9.85. The Bertz CT molecular complexity index is 786. The van der Waals surface area contributed by atoms with Gasteiger partial charge in [0, 0.05) is 30.9 Å². The maximum Gasteiger partial charge on any atom is 0.123 e. The lowest BCUT2D eigenvalue weighted by Crippen LogP contribution is -2.13. The smallest absolute Gasteiger partial charge is 0.123 e. The van der Waals surface area contributed by atoms with Crippen molar-refractivity contribution < 1.29 is 4.79 Å². The average Bonchev–Trinajstić information content (AvgIpc) is 2.65. The maximum atomic E-state index is 10.3. The van der Waals surface area contributed by atoms with E-state index < -0.39 is 0 Å². The predicted molar refractivity (Wildman–Crippen MR) is 96.8 cm³/mol. The number of aliphatic imine (C=N–C) groups is 1. The number of rotatable bonds is 8. The fourth-order valence-electron chi connectivity index (χ4n) is 2.05. The highest BCUT2D eigenvalue weighted by atomic mass is 16.1. The van der Waals surface area contributed by atoms with E-state index in [1.165, 1.54) is 6.21 Å². The molecule has 25 heavy (non-hydrogen) atoms. The summed E-state index contributed by atoms with van der Waals surface area (Å²) >= 11 is 0. The fraction of sp³-hybridized carbons (Fsp3) is 0.211. The predicted octanol–water partition coefficient (Wildman–Crippen LogP) is 2.61. The molecule has 0 aliphatic carbocycles. The van der Waals surface area contributed by atoms with Gasteiger partial charge in [0.25, 0.3) is 0 Å². The number of hydrogen-bond acceptors (Lipinski definition) is 6. The van der Waals surface area contributed by atoms with E-state index in [2.05, 4.69) is 20.3 Å². The van der Waals surface area contributed by atoms with E-state index in [1.54, 1.807) is 18.5 Å². The van der Waals surface area contributed by atoms with Gasteiger partial charge in [0.05, 0.1) is 29.8 Å². The largest absolute Gasteiger partial charge is 0.303 e. The van der Waals surface area contributed by atoms with E-state index in [4.69, 9.17) is 5.26 Å². The maximum absolute atomic E-state index is 10.3. The number of nitrogens with zero attached hydrogens (tertiary/aromatic N) is 4. The quantitative estimate of drug-likeness (QED) is 0.347. The molecule has 0 aliphatic rings. The number of carbonyl (C=O) groups excluding carboxylic acids is 1. The SMILES string of the molecule is Cc1cnc(-c2ccc(CNC/N=C\C(C#N)=C/CC=O)cc2)cn1. The Labute approximate surface area is 147 Å². The number of aromatic nitrogens is 2. The number of benzene rings is 1. The molecular formula is C19H19N5O. The molecule has 0 aliphatic heterocycles. The normalized spacial score (nSPS) is 11.4. The number of allylic oxidation sites excluding steroid dienone is 2. The van der Waals surface area contributed by atoms with Crippen LogP contribution in [-0.2, 0) is 11.3 Å². The second-order valence-corrected chi connectivity index (χ2v) is 5.31. The van der Waals surface area contributed by atoms with Crippen molar-refractivity contribution in [2.75, 3.05) is 6.67 Å². The summed E-state index contributed by atoms with van der Waals surface area (Å²) < 4.78 is 0. The van der Waals surface area contributed by atoms with Crippen LogP contribution in [0.15, 0.2) is 53.3 Å². The highest BCUT2D eigenvalue weighted by molar-refractivity contribution is 5.84. The van der Waals surface area contributed by atoms with Gasteiger partial charge in [0.15, 0.2) is 0 Å². The van der Waals surface area contributed by atoms with Gasteiger partial charge in [-0.05, 0) is 12.5 Å². The molecule has 6 heteroatoms. The molecule has 1 heterocycles. The third-order valence-electron chi connectivity index (χ3n) is 3.36. The summed E-state index contributed by atoms with van der Waals surface area (Å²) in [5, 5.41) is 12.0. The van der Waals surface area contributed by atoms with Crippen LogP contribution in [0.3, 0.4) is 0 Å². The first kappa shape index (κ1) is 18.2. The Morgan fingerprint density at radius 1 is 1.28 bits per heavy atom. The number of nitriles is 1. The van der Waals surface area contributed by atoms with Crippen LogP contribution in [0.4, 0.5) is 0 Å². The van der Waals surface area contributed by atoms with Crippen LogP contribution in [-0.4, -0.2) is 29.1 Å². The number of aryl methyl sites for hydroxylation is 1. The molecule has 0 saturated carbocycles. The van der Waals surface area contributed by atoms with Gasteiger partial charge in [-0.3, -0.25) is 20.3 Å². The van der Waals surface area contributed by atoms with E-state index in [9.17, 15) is 4.79 Å². The number of carbonyl (C=O) groups is 1. The van der Waals surface area contributed by atoms with E-state index in [1.807, 2.05) is 37.3 Å². The third kappa shape index (κ3) is 6.09. The standard InChI is InChI=1S/C19H19N5O/c1-15-10-24-19(13-23-15)18-6-4-16(5-7-18)11-21-14-22-12-17(9-20)3-2-8-25/h3-8,10,12-13,21H,2,11,14H2,1H3/b17-3-,22-12-. The third-order valence-corrected chi connectivity index (χ3v) is 3.36. The van der Waals surface area contributed by atoms with Crippen LogP contribution in [0.5, 0.6) is 0 Å². The van der Waals surface area contributed by atoms with Crippen molar-refractivity contribution in [3.05, 3.63) is 59.6 Å². The molecule has 1 N–H and O–H groups in total. The summed E-state index contributed by atoms with van der Waals surface area (Å²) in [6, 6.07) is 10.1. The first-order chi connectivity index (χ1) is 12.2. The number of nitrogens with one attached hydrogen (secondary N) is 1. The van der Waals surface area contributed by atoms with Crippen molar-refractivity contribution in [2.45, 2.75) is 19.9 Å². The van der Waals surface area contributed by atoms with Gasteiger partial charge in [-0.1, -0.05) is 30.3 Å². The van der Waals surface area contributed by atoms with Gasteiger partial charge in [0.1, 0.15) is 12.4 Å². The molecule has 0 saturated heterocycles. The Kier molecular flexibility index (Phi) is 7.16. The molecule has 1 aromatic carbocycles. The van der Waals surface area contributed by atoms with Crippen molar-refractivity contribution in [2.24, 2.45) is 4.99 Å². The van der Waals surface area contributed by atoms with Crippen LogP contribution in [0.2, 0.25) is 0 Å². The van der Waals surface area contributed by atoms with E-state index >= 15 is 0 Å². The summed E-state index contributed by atoms with van der Waals surface area (Å²) in [7, 11) is 0. The Balaban J connectivity index is 1.83. The topological polar surface area (TPSA) is 91.0 Å². The van der Waals surface area contributed by atoms with Crippen molar-refractivity contribution in [1.29, 1.82) is 5.26 Å². The number of hydrogen-bond donors (Lipinski definition) is 1. The van der Waals surface area contributed by atoms with Gasteiger partial charge in [0.2, 0.25) is 0 Å². The summed E-state index contributed by atoms with van der Waals surface area (Å²) in [6.07, 6.45) is 7.50. The van der Waals surface area contributed by atoms with E-state index in [-0.39, 0.29) is 6.42 Å². The summed E-state index contributed by atoms with van der Waals surface area (Å²) in [5.74, 6) is 0. The lowest BCUT2D eigenvalue weighted by Gasteiger charge is -2.04. The van der Waals surface area contributed by atoms with Crippen LogP contribution in [0.1, 0.15) is 17.7 Å². The number of aldehydes is 1. The van der Waals surface area contributed by atoms with Gasteiger partial charge < -0.3 is 4.79 Å². The zero-order valence-corrected chi connectivity index (χ0v) is 14.0. The molecule has 0 atom stereocenters. The molecular weight excluding hydrogens is 314 g/mol. The summed E-state index contributed by atoms with van der Waals surface area (Å²) in [5.41, 5.74) is 4.27. The molecule has 2 rings (SSSR count). The molecule has 0 amide bonds. The molecule has 0 bridgehead atoms. The first-order valence-electron chi connectivity index (χ1n) is 7.85. The van der Waals surface area contributed by atoms with Crippen LogP contribution >= 0.6 is 0 Å². The minimum absolute atomic E-state index is 0.222. The molecule has 2 aromatic rings. The van der Waals surface area contributed by atoms with Gasteiger partial charge >= 0.3 is 0 Å². The lowest BCUT2D eigenvalue weighted by molar-refractivity contribution is -0.107. The minimum Gasteiger partial charge on any atom is -0.303 e. The molecule has 0 radical (unpaired) electrons. The second-order valence-electron chi connectivity index (χ2n) is 5.31. The van der Waals surface area contributed by atoms with Crippen LogP contribution in [0, 0.1) is 18.3 Å².